The number of aryl methyl sites for hydroxylation is 1. The van der Waals surface area contributed by atoms with Crippen LogP contribution in [0.25, 0.3) is 11.1 Å². The van der Waals surface area contributed by atoms with Gasteiger partial charge in [0.05, 0.1) is 16.9 Å². The lowest BCUT2D eigenvalue weighted by molar-refractivity contribution is -0.118. The molecule has 1 aliphatic heterocycles. The number of hydrogen-bond donors (Lipinski definition) is 3. The molecule has 5 rings (SSSR count). The van der Waals surface area contributed by atoms with Crippen LogP contribution in [0.4, 0.5) is 5.69 Å². The Labute approximate surface area is 216 Å². The van der Waals surface area contributed by atoms with Crippen molar-refractivity contribution in [2.24, 2.45) is 0 Å². The second-order valence-electron chi connectivity index (χ2n) is 9.57. The number of aliphatic hydroxyl groups is 1. The number of rotatable bonds is 9. The van der Waals surface area contributed by atoms with Crippen molar-refractivity contribution in [1.29, 1.82) is 0 Å². The number of carbonyl (C=O) groups excluding carboxylic acids is 1. The Morgan fingerprint density at radius 2 is 1.76 bits per heavy atom. The number of fused-ring (bicyclic) bond motifs is 1. The Balaban J connectivity index is 1.34. The van der Waals surface area contributed by atoms with Crippen LogP contribution in [-0.4, -0.2) is 38.9 Å². The van der Waals surface area contributed by atoms with Crippen molar-refractivity contribution < 1.29 is 27.8 Å². The van der Waals surface area contributed by atoms with Gasteiger partial charge in [-0.1, -0.05) is 31.2 Å². The van der Waals surface area contributed by atoms with E-state index in [-0.39, 0.29) is 24.2 Å². The molecule has 1 aliphatic carbocycles. The van der Waals surface area contributed by atoms with Crippen LogP contribution in [0.2, 0.25) is 0 Å². The molecule has 1 fully saturated rings. The minimum atomic E-state index is -3.74. The van der Waals surface area contributed by atoms with Crippen molar-refractivity contribution in [2.75, 3.05) is 18.7 Å². The number of anilines is 1. The van der Waals surface area contributed by atoms with Crippen molar-refractivity contribution >= 4 is 21.6 Å². The third kappa shape index (κ3) is 4.94. The Kier molecular flexibility index (Phi) is 6.70. The average Bonchev–Trinajstić information content (AvgIpc) is 3.59. The number of sulfonamides is 1. The third-order valence-corrected chi connectivity index (χ3v) is 8.65. The van der Waals surface area contributed by atoms with E-state index in [9.17, 15) is 18.3 Å². The highest BCUT2D eigenvalue weighted by Crippen LogP contribution is 2.51. The maximum atomic E-state index is 13.3. The van der Waals surface area contributed by atoms with Gasteiger partial charge in [-0.25, -0.2) is 13.1 Å². The van der Waals surface area contributed by atoms with E-state index >= 15 is 0 Å². The molecule has 0 bridgehead atoms. The van der Waals surface area contributed by atoms with Gasteiger partial charge in [-0.15, -0.1) is 0 Å². The topological polar surface area (TPSA) is 114 Å². The SMILES string of the molecule is CCC(CO)NS(=O)(=O)c1ccc(-c2cc(NC(=O)C3(c4ccc5c(c4)OCO5)CC3)ccc2C)cc1. The first-order valence-electron chi connectivity index (χ1n) is 12.3. The van der Waals surface area contributed by atoms with Gasteiger partial charge in [0, 0.05) is 11.7 Å². The van der Waals surface area contributed by atoms with Gasteiger partial charge in [0.2, 0.25) is 22.7 Å². The van der Waals surface area contributed by atoms with Crippen molar-refractivity contribution in [3.63, 3.8) is 0 Å². The molecule has 0 spiro atoms. The van der Waals surface area contributed by atoms with Crippen LogP contribution in [-0.2, 0) is 20.2 Å². The minimum absolute atomic E-state index is 0.0666. The van der Waals surface area contributed by atoms with Crippen molar-refractivity contribution in [2.45, 2.75) is 49.5 Å². The van der Waals surface area contributed by atoms with E-state index in [1.54, 1.807) is 31.2 Å². The van der Waals surface area contributed by atoms with E-state index in [2.05, 4.69) is 10.0 Å². The van der Waals surface area contributed by atoms with Crippen LogP contribution in [0.3, 0.4) is 0 Å². The average molecular weight is 523 g/mol. The summed E-state index contributed by atoms with van der Waals surface area (Å²) in [6.07, 6.45) is 2.01. The number of carbonyl (C=O) groups is 1. The van der Waals surface area contributed by atoms with Crippen LogP contribution in [0.15, 0.2) is 65.6 Å². The highest BCUT2D eigenvalue weighted by atomic mass is 32.2. The molecule has 1 saturated carbocycles. The maximum Gasteiger partial charge on any atom is 0.240 e. The Bertz CT molecular complexity index is 1430. The van der Waals surface area contributed by atoms with Crippen molar-refractivity contribution in [3.8, 4) is 22.6 Å². The molecule has 194 valence electrons. The molecule has 1 unspecified atom stereocenters. The molecule has 37 heavy (non-hydrogen) atoms. The summed E-state index contributed by atoms with van der Waals surface area (Å²) >= 11 is 0. The Hall–Kier alpha value is -3.40. The summed E-state index contributed by atoms with van der Waals surface area (Å²) in [4.78, 5) is 13.5. The predicted octanol–water partition coefficient (Wildman–Crippen LogP) is 4.11. The zero-order valence-corrected chi connectivity index (χ0v) is 21.6. The van der Waals surface area contributed by atoms with Crippen LogP contribution in [0.5, 0.6) is 11.5 Å². The maximum absolute atomic E-state index is 13.3. The predicted molar refractivity (Wildman–Crippen MR) is 140 cm³/mol. The van der Waals surface area contributed by atoms with Crippen LogP contribution < -0.4 is 19.5 Å². The van der Waals surface area contributed by atoms with Gasteiger partial charge < -0.3 is 19.9 Å². The molecule has 2 aliphatic rings. The molecule has 3 aromatic rings. The number of benzene rings is 3. The minimum Gasteiger partial charge on any atom is -0.454 e. The molecule has 8 nitrogen and oxygen atoms in total. The zero-order valence-electron chi connectivity index (χ0n) is 20.8. The highest BCUT2D eigenvalue weighted by molar-refractivity contribution is 7.89. The number of nitrogens with one attached hydrogen (secondary N) is 2. The summed E-state index contributed by atoms with van der Waals surface area (Å²) in [5.74, 6) is 1.29. The smallest absolute Gasteiger partial charge is 0.240 e. The summed E-state index contributed by atoms with van der Waals surface area (Å²) in [5, 5.41) is 12.4. The second-order valence-corrected chi connectivity index (χ2v) is 11.3. The lowest BCUT2D eigenvalue weighted by atomic mass is 9.94. The molecule has 1 heterocycles. The van der Waals surface area contributed by atoms with E-state index in [4.69, 9.17) is 9.47 Å². The summed E-state index contributed by atoms with van der Waals surface area (Å²) in [5.41, 5.74) is 3.72. The number of amides is 1. The number of ether oxygens (including phenoxy) is 2. The first kappa shape index (κ1) is 25.3. The molecule has 1 atom stereocenters. The monoisotopic (exact) mass is 522 g/mol. The van der Waals surface area contributed by atoms with E-state index in [0.29, 0.717) is 23.6 Å². The molecule has 1 amide bonds. The first-order chi connectivity index (χ1) is 17.8. The summed E-state index contributed by atoms with van der Waals surface area (Å²) in [7, 11) is -3.74. The second kappa shape index (κ2) is 9.81. The van der Waals surface area contributed by atoms with Gasteiger partial charge in [-0.2, -0.15) is 0 Å². The van der Waals surface area contributed by atoms with E-state index in [0.717, 1.165) is 35.1 Å². The summed E-state index contributed by atoms with van der Waals surface area (Å²) in [6.45, 7) is 3.70. The zero-order chi connectivity index (χ0) is 26.2. The van der Waals surface area contributed by atoms with Crippen LogP contribution in [0.1, 0.15) is 37.3 Å². The Morgan fingerprint density at radius 3 is 2.43 bits per heavy atom. The fourth-order valence-electron chi connectivity index (χ4n) is 4.58. The van der Waals surface area contributed by atoms with Gasteiger partial charge in [0.15, 0.2) is 11.5 Å². The molecular weight excluding hydrogens is 492 g/mol. The molecule has 3 N–H and O–H groups in total. The standard InChI is InChI=1S/C28H30N2O6S/c1-3-21(16-31)30-37(33,34)23-9-5-19(6-10-23)24-15-22(8-4-18(24)2)29-27(32)28(12-13-28)20-7-11-25-26(14-20)36-17-35-25/h4-11,14-15,21,30-31H,3,12-13,16-17H2,1-2H3,(H,29,32). The largest absolute Gasteiger partial charge is 0.454 e. The van der Waals surface area contributed by atoms with Gasteiger partial charge in [0.25, 0.3) is 0 Å². The quantitative estimate of drug-likeness (QED) is 0.390. The van der Waals surface area contributed by atoms with Gasteiger partial charge >= 0.3 is 0 Å². The number of hydrogen-bond acceptors (Lipinski definition) is 6. The van der Waals surface area contributed by atoms with Gasteiger partial charge in [-0.05, 0) is 84.8 Å². The fourth-order valence-corrected chi connectivity index (χ4v) is 5.89. The molecule has 0 aromatic heterocycles. The third-order valence-electron chi connectivity index (χ3n) is 7.12. The Morgan fingerprint density at radius 1 is 1.03 bits per heavy atom. The van der Waals surface area contributed by atoms with Crippen LogP contribution >= 0.6 is 0 Å². The van der Waals surface area contributed by atoms with Gasteiger partial charge in [0.1, 0.15) is 0 Å². The van der Waals surface area contributed by atoms with Crippen LogP contribution in [0, 0.1) is 6.92 Å². The molecule has 3 aromatic carbocycles. The van der Waals surface area contributed by atoms with Crippen molar-refractivity contribution in [1.82, 2.24) is 4.72 Å². The van der Waals surface area contributed by atoms with Gasteiger partial charge in [-0.3, -0.25) is 4.79 Å². The molecule has 9 heteroatoms. The summed E-state index contributed by atoms with van der Waals surface area (Å²) < 4.78 is 38.7. The normalized spacial score (nSPS) is 16.3. The molecule has 0 radical (unpaired) electrons. The molecular formula is C28H30N2O6S. The van der Waals surface area contributed by atoms with E-state index in [1.807, 2.05) is 43.3 Å². The van der Waals surface area contributed by atoms with E-state index in [1.165, 1.54) is 0 Å². The highest BCUT2D eigenvalue weighted by Gasteiger charge is 2.51. The lowest BCUT2D eigenvalue weighted by Gasteiger charge is -2.18. The number of aliphatic hydroxyl groups excluding tert-OH is 1. The first-order valence-corrected chi connectivity index (χ1v) is 13.8. The summed E-state index contributed by atoms with van der Waals surface area (Å²) in [6, 6.07) is 17.4. The lowest BCUT2D eigenvalue weighted by Crippen LogP contribution is -2.36. The van der Waals surface area contributed by atoms with Crippen molar-refractivity contribution in [3.05, 3.63) is 71.8 Å². The van der Waals surface area contributed by atoms with E-state index < -0.39 is 21.5 Å². The molecule has 0 saturated heterocycles. The fraction of sp³-hybridized carbons (Fsp3) is 0.321.